The molecule has 0 saturated carbocycles. The van der Waals surface area contributed by atoms with E-state index in [0.29, 0.717) is 5.56 Å². The lowest BCUT2D eigenvalue weighted by molar-refractivity contribution is 0.0696. The molecule has 0 radical (unpaired) electrons. The van der Waals surface area contributed by atoms with Crippen LogP contribution >= 0.6 is 27.7 Å². The maximum Gasteiger partial charge on any atom is 0.335 e. The molecule has 1 aromatic rings. The second-order valence-electron chi connectivity index (χ2n) is 3.09. The van der Waals surface area contributed by atoms with Crippen LogP contribution in [-0.4, -0.2) is 16.8 Å². The Labute approximate surface area is 102 Å². The second-order valence-corrected chi connectivity index (χ2v) is 5.26. The number of aryl methyl sites for hydroxylation is 1. The van der Waals surface area contributed by atoms with Crippen molar-refractivity contribution in [3.63, 3.8) is 0 Å². The molecule has 1 rings (SSSR count). The lowest BCUT2D eigenvalue weighted by atomic mass is 10.1. The summed E-state index contributed by atoms with van der Waals surface area (Å²) < 4.78 is 0.893. The molecule has 0 fully saturated rings. The van der Waals surface area contributed by atoms with Gasteiger partial charge in [0.15, 0.2) is 0 Å². The van der Waals surface area contributed by atoms with E-state index in [1.807, 2.05) is 12.1 Å². The van der Waals surface area contributed by atoms with Gasteiger partial charge in [0.1, 0.15) is 0 Å². The molecule has 0 unspecified atom stereocenters. The van der Waals surface area contributed by atoms with Gasteiger partial charge in [0, 0.05) is 10.6 Å². The van der Waals surface area contributed by atoms with E-state index in [4.69, 9.17) is 5.11 Å². The van der Waals surface area contributed by atoms with Crippen LogP contribution in [0.2, 0.25) is 0 Å². The Balaban J connectivity index is 2.87. The Hall–Kier alpha value is -0.740. The van der Waals surface area contributed by atoms with Crippen LogP contribution in [0.3, 0.4) is 0 Å². The van der Waals surface area contributed by atoms with Gasteiger partial charge in [0.05, 0.1) is 5.56 Å². The van der Waals surface area contributed by atoms with Gasteiger partial charge in [-0.1, -0.05) is 28.6 Å². The van der Waals surface area contributed by atoms with E-state index < -0.39 is 5.97 Å². The maximum atomic E-state index is 10.9. The van der Waals surface area contributed by atoms with Crippen molar-refractivity contribution in [2.45, 2.75) is 11.8 Å². The summed E-state index contributed by atoms with van der Waals surface area (Å²) in [5.41, 5.74) is 1.14. The third-order valence-corrected chi connectivity index (χ3v) is 3.57. The minimum Gasteiger partial charge on any atom is -0.478 e. The molecule has 0 aliphatic rings. The maximum absolute atomic E-state index is 10.9. The number of carboxylic acid groups (broad SMARTS) is 1. The number of hydrogen-bond donors (Lipinski definition) is 1. The summed E-state index contributed by atoms with van der Waals surface area (Å²) in [6.07, 6.45) is 0. The molecule has 0 heterocycles. The van der Waals surface area contributed by atoms with Crippen LogP contribution in [0, 0.1) is 6.92 Å². The van der Waals surface area contributed by atoms with Gasteiger partial charge < -0.3 is 5.11 Å². The number of carbonyl (C=O) groups is 1. The van der Waals surface area contributed by atoms with Crippen molar-refractivity contribution in [2.24, 2.45) is 0 Å². The molecule has 0 aliphatic carbocycles. The number of halogens is 1. The first-order valence-electron chi connectivity index (χ1n) is 4.30. The fourth-order valence-corrected chi connectivity index (χ4v) is 2.12. The molecule has 4 heteroatoms. The summed E-state index contributed by atoms with van der Waals surface area (Å²) in [5, 5.41) is 8.93. The van der Waals surface area contributed by atoms with Crippen LogP contribution in [0.4, 0.5) is 0 Å². The van der Waals surface area contributed by atoms with E-state index in [2.05, 4.69) is 22.5 Å². The van der Waals surface area contributed by atoms with Gasteiger partial charge in [-0.3, -0.25) is 0 Å². The Morgan fingerprint density at radius 1 is 1.60 bits per heavy atom. The van der Waals surface area contributed by atoms with Crippen molar-refractivity contribution in [1.29, 1.82) is 0 Å². The molecule has 80 valence electrons. The number of carboxylic acids is 1. The topological polar surface area (TPSA) is 37.3 Å². The van der Waals surface area contributed by atoms with Gasteiger partial charge in [-0.2, -0.15) is 0 Å². The van der Waals surface area contributed by atoms with Gasteiger partial charge in [-0.25, -0.2) is 4.79 Å². The van der Waals surface area contributed by atoms with Crippen molar-refractivity contribution < 1.29 is 9.90 Å². The molecule has 0 amide bonds. The van der Waals surface area contributed by atoms with Crippen LogP contribution in [0.1, 0.15) is 15.9 Å². The molecule has 0 spiro atoms. The zero-order valence-electron chi connectivity index (χ0n) is 8.29. The largest absolute Gasteiger partial charge is 0.478 e. The summed E-state index contributed by atoms with van der Waals surface area (Å²) in [6, 6.07) is 5.43. The van der Waals surface area contributed by atoms with Gasteiger partial charge in [-0.15, -0.1) is 11.8 Å². The highest BCUT2D eigenvalue weighted by atomic mass is 79.9. The smallest absolute Gasteiger partial charge is 0.335 e. The third kappa shape index (κ3) is 3.72. The Bertz CT molecular complexity index is 402. The van der Waals surface area contributed by atoms with Crippen LogP contribution in [0.15, 0.2) is 34.2 Å². The standard InChI is InChI=1S/C11H11BrO2S/c1-7-3-4-9(15-6-8(2)12)5-10(7)11(13)14/h3-5H,2,6H2,1H3,(H,13,14). The SMILES string of the molecule is C=C(Br)CSc1ccc(C)c(C(=O)O)c1. The Kier molecular flexibility index (Phi) is 4.42. The van der Waals surface area contributed by atoms with Crippen molar-refractivity contribution >= 4 is 33.7 Å². The lowest BCUT2D eigenvalue weighted by Gasteiger charge is -2.04. The number of thioether (sulfide) groups is 1. The van der Waals surface area contributed by atoms with E-state index in [1.54, 1.807) is 24.8 Å². The van der Waals surface area contributed by atoms with Crippen LogP contribution in [0.5, 0.6) is 0 Å². The summed E-state index contributed by atoms with van der Waals surface area (Å²) in [7, 11) is 0. The molecule has 1 aromatic carbocycles. The lowest BCUT2D eigenvalue weighted by Crippen LogP contribution is -1.99. The quantitative estimate of drug-likeness (QED) is 0.858. The molecular weight excluding hydrogens is 276 g/mol. The predicted molar refractivity (Wildman–Crippen MR) is 66.9 cm³/mol. The van der Waals surface area contributed by atoms with E-state index in [0.717, 1.165) is 20.7 Å². The van der Waals surface area contributed by atoms with Gasteiger partial charge in [0.2, 0.25) is 0 Å². The van der Waals surface area contributed by atoms with E-state index in [1.165, 1.54) is 0 Å². The third-order valence-electron chi connectivity index (χ3n) is 1.83. The zero-order chi connectivity index (χ0) is 11.4. The number of rotatable bonds is 4. The highest BCUT2D eigenvalue weighted by Gasteiger charge is 2.07. The number of hydrogen-bond acceptors (Lipinski definition) is 2. The molecule has 0 bridgehead atoms. The van der Waals surface area contributed by atoms with Crippen LogP contribution < -0.4 is 0 Å². The fourth-order valence-electron chi connectivity index (χ4n) is 1.08. The van der Waals surface area contributed by atoms with Crippen molar-refractivity contribution in [2.75, 3.05) is 5.75 Å². The average Bonchev–Trinajstić information content (AvgIpc) is 2.16. The Morgan fingerprint density at radius 2 is 2.27 bits per heavy atom. The molecule has 15 heavy (non-hydrogen) atoms. The minimum absolute atomic E-state index is 0.361. The first-order chi connectivity index (χ1) is 7.00. The van der Waals surface area contributed by atoms with Crippen molar-refractivity contribution in [3.8, 4) is 0 Å². The molecule has 1 N–H and O–H groups in total. The summed E-state index contributed by atoms with van der Waals surface area (Å²) in [5.74, 6) is -0.144. The second kappa shape index (κ2) is 5.37. The molecule has 0 atom stereocenters. The molecule has 0 saturated heterocycles. The zero-order valence-corrected chi connectivity index (χ0v) is 10.7. The Morgan fingerprint density at radius 3 is 2.80 bits per heavy atom. The average molecular weight is 287 g/mol. The van der Waals surface area contributed by atoms with Gasteiger partial charge in [0.25, 0.3) is 0 Å². The van der Waals surface area contributed by atoms with Gasteiger partial charge in [-0.05, 0) is 29.1 Å². The molecule has 0 aromatic heterocycles. The first-order valence-corrected chi connectivity index (χ1v) is 6.08. The number of benzene rings is 1. The summed E-state index contributed by atoms with van der Waals surface area (Å²) in [6.45, 7) is 5.52. The summed E-state index contributed by atoms with van der Waals surface area (Å²) in [4.78, 5) is 11.8. The molecule has 2 nitrogen and oxygen atoms in total. The normalized spacial score (nSPS) is 10.0. The highest BCUT2D eigenvalue weighted by Crippen LogP contribution is 2.24. The summed E-state index contributed by atoms with van der Waals surface area (Å²) >= 11 is 4.82. The molecule has 0 aliphatic heterocycles. The van der Waals surface area contributed by atoms with Crippen LogP contribution in [0.25, 0.3) is 0 Å². The predicted octanol–water partition coefficient (Wildman–Crippen LogP) is 3.69. The van der Waals surface area contributed by atoms with Crippen LogP contribution in [-0.2, 0) is 0 Å². The van der Waals surface area contributed by atoms with E-state index >= 15 is 0 Å². The number of aromatic carboxylic acids is 1. The molecular formula is C11H11BrO2S. The minimum atomic E-state index is -0.882. The van der Waals surface area contributed by atoms with E-state index in [9.17, 15) is 4.79 Å². The van der Waals surface area contributed by atoms with E-state index in [-0.39, 0.29) is 0 Å². The monoisotopic (exact) mass is 286 g/mol. The van der Waals surface area contributed by atoms with Crippen molar-refractivity contribution in [1.82, 2.24) is 0 Å². The van der Waals surface area contributed by atoms with Crippen molar-refractivity contribution in [3.05, 3.63) is 40.4 Å². The fraction of sp³-hybridized carbons (Fsp3) is 0.182. The van der Waals surface area contributed by atoms with Gasteiger partial charge >= 0.3 is 5.97 Å². The highest BCUT2D eigenvalue weighted by molar-refractivity contribution is 9.11. The first kappa shape index (κ1) is 12.3.